The van der Waals surface area contributed by atoms with Crippen molar-refractivity contribution in [1.29, 1.82) is 0 Å². The van der Waals surface area contributed by atoms with Crippen LogP contribution in [0.5, 0.6) is 5.75 Å². The van der Waals surface area contributed by atoms with Gasteiger partial charge < -0.3 is 15.0 Å². The third kappa shape index (κ3) is 2.04. The minimum atomic E-state index is 0.609. The molecule has 5 heteroatoms. The van der Waals surface area contributed by atoms with Crippen LogP contribution in [0.4, 0.5) is 5.69 Å². The van der Waals surface area contributed by atoms with Crippen molar-refractivity contribution in [1.82, 2.24) is 9.55 Å². The average molecular weight is 332 g/mol. The Balaban J connectivity index is 2.19. The predicted molar refractivity (Wildman–Crippen MR) is 84.8 cm³/mol. The molecule has 0 radical (unpaired) electrons. The van der Waals surface area contributed by atoms with E-state index in [1.807, 2.05) is 43.4 Å². The molecule has 0 aliphatic carbocycles. The first-order valence-electron chi connectivity index (χ1n) is 6.16. The van der Waals surface area contributed by atoms with E-state index in [4.69, 9.17) is 10.5 Å². The predicted octanol–water partition coefficient (Wildman–Crippen LogP) is 3.59. The average Bonchev–Trinajstić information content (AvgIpc) is 2.75. The van der Waals surface area contributed by atoms with E-state index >= 15 is 0 Å². The first kappa shape index (κ1) is 13.0. The molecule has 0 saturated carbocycles. The van der Waals surface area contributed by atoms with Gasteiger partial charge in [0, 0.05) is 17.1 Å². The Kier molecular flexibility index (Phi) is 3.14. The van der Waals surface area contributed by atoms with Crippen molar-refractivity contribution in [3.8, 4) is 17.1 Å². The number of benzene rings is 2. The number of aryl methyl sites for hydroxylation is 1. The van der Waals surface area contributed by atoms with Crippen LogP contribution in [0.2, 0.25) is 0 Å². The summed E-state index contributed by atoms with van der Waals surface area (Å²) in [5.41, 5.74) is 9.58. The zero-order chi connectivity index (χ0) is 14.3. The minimum Gasteiger partial charge on any atom is -0.495 e. The van der Waals surface area contributed by atoms with Crippen LogP contribution in [0.1, 0.15) is 0 Å². The second-order valence-electron chi connectivity index (χ2n) is 4.58. The van der Waals surface area contributed by atoms with Crippen LogP contribution in [0.25, 0.3) is 22.4 Å². The second-order valence-corrected chi connectivity index (χ2v) is 5.50. The Morgan fingerprint density at radius 3 is 2.70 bits per heavy atom. The van der Waals surface area contributed by atoms with E-state index in [0.29, 0.717) is 11.4 Å². The Labute approximate surface area is 125 Å². The Morgan fingerprint density at radius 1 is 1.20 bits per heavy atom. The summed E-state index contributed by atoms with van der Waals surface area (Å²) < 4.78 is 8.26. The lowest BCUT2D eigenvalue weighted by Crippen LogP contribution is -1.96. The normalized spacial score (nSPS) is 10.9. The summed E-state index contributed by atoms with van der Waals surface area (Å²) in [7, 11) is 3.61. The van der Waals surface area contributed by atoms with Gasteiger partial charge in [0.2, 0.25) is 0 Å². The molecular formula is C15H14BrN3O. The molecule has 102 valence electrons. The van der Waals surface area contributed by atoms with E-state index in [2.05, 4.69) is 25.5 Å². The van der Waals surface area contributed by atoms with Gasteiger partial charge in [-0.3, -0.25) is 0 Å². The second kappa shape index (κ2) is 4.83. The van der Waals surface area contributed by atoms with Crippen molar-refractivity contribution >= 4 is 32.7 Å². The maximum atomic E-state index is 5.97. The number of hydrogen-bond acceptors (Lipinski definition) is 3. The fourth-order valence-electron chi connectivity index (χ4n) is 2.30. The van der Waals surface area contributed by atoms with E-state index < -0.39 is 0 Å². The van der Waals surface area contributed by atoms with Crippen molar-refractivity contribution in [3.05, 3.63) is 40.9 Å². The highest BCUT2D eigenvalue weighted by Crippen LogP contribution is 2.30. The summed E-state index contributed by atoms with van der Waals surface area (Å²) >= 11 is 3.47. The van der Waals surface area contributed by atoms with Crippen LogP contribution in [-0.2, 0) is 7.05 Å². The van der Waals surface area contributed by atoms with Gasteiger partial charge >= 0.3 is 0 Å². The molecule has 3 aromatic rings. The molecule has 0 fully saturated rings. The number of ether oxygens (including phenoxy) is 1. The van der Waals surface area contributed by atoms with Crippen LogP contribution in [-0.4, -0.2) is 16.7 Å². The van der Waals surface area contributed by atoms with Gasteiger partial charge in [0.25, 0.3) is 0 Å². The highest BCUT2D eigenvalue weighted by molar-refractivity contribution is 9.10. The molecule has 0 saturated heterocycles. The van der Waals surface area contributed by atoms with Crippen molar-refractivity contribution in [2.45, 2.75) is 0 Å². The van der Waals surface area contributed by atoms with Gasteiger partial charge in [-0.1, -0.05) is 15.9 Å². The summed E-state index contributed by atoms with van der Waals surface area (Å²) in [5.74, 6) is 1.56. The molecular weight excluding hydrogens is 318 g/mol. The zero-order valence-electron chi connectivity index (χ0n) is 11.2. The standard InChI is InChI=1S/C15H14BrN3O/c1-19-13-5-4-10(16)8-12(13)18-15(19)9-3-6-14(20-2)11(17)7-9/h3-8H,17H2,1-2H3. The van der Waals surface area contributed by atoms with Crippen molar-refractivity contribution in [2.75, 3.05) is 12.8 Å². The SMILES string of the molecule is COc1ccc(-c2nc3cc(Br)ccc3n2C)cc1N. The van der Waals surface area contributed by atoms with Gasteiger partial charge in [-0.05, 0) is 36.4 Å². The Hall–Kier alpha value is -2.01. The lowest BCUT2D eigenvalue weighted by atomic mass is 10.2. The number of hydrogen-bond donors (Lipinski definition) is 1. The highest BCUT2D eigenvalue weighted by Gasteiger charge is 2.11. The summed E-state index contributed by atoms with van der Waals surface area (Å²) in [4.78, 5) is 4.68. The summed E-state index contributed by atoms with van der Waals surface area (Å²) in [6, 6.07) is 11.8. The quantitative estimate of drug-likeness (QED) is 0.730. The topological polar surface area (TPSA) is 53.1 Å². The summed E-state index contributed by atoms with van der Waals surface area (Å²) in [6.45, 7) is 0. The van der Waals surface area contributed by atoms with E-state index in [-0.39, 0.29) is 0 Å². The molecule has 4 nitrogen and oxygen atoms in total. The number of nitrogens with two attached hydrogens (primary N) is 1. The van der Waals surface area contributed by atoms with Gasteiger partial charge in [-0.2, -0.15) is 0 Å². The van der Waals surface area contributed by atoms with Gasteiger partial charge in [-0.25, -0.2) is 4.98 Å². The van der Waals surface area contributed by atoms with Crippen molar-refractivity contribution < 1.29 is 4.74 Å². The highest BCUT2D eigenvalue weighted by atomic mass is 79.9. The van der Waals surface area contributed by atoms with Gasteiger partial charge in [-0.15, -0.1) is 0 Å². The number of fused-ring (bicyclic) bond motifs is 1. The lowest BCUT2D eigenvalue weighted by Gasteiger charge is -2.07. The van der Waals surface area contributed by atoms with Crippen molar-refractivity contribution in [3.63, 3.8) is 0 Å². The van der Waals surface area contributed by atoms with E-state index in [0.717, 1.165) is 26.9 Å². The molecule has 0 aliphatic rings. The van der Waals surface area contributed by atoms with Crippen LogP contribution in [0.15, 0.2) is 40.9 Å². The van der Waals surface area contributed by atoms with Crippen LogP contribution < -0.4 is 10.5 Å². The molecule has 2 N–H and O–H groups in total. The van der Waals surface area contributed by atoms with Crippen LogP contribution in [0.3, 0.4) is 0 Å². The molecule has 0 spiro atoms. The largest absolute Gasteiger partial charge is 0.495 e. The number of methoxy groups -OCH3 is 1. The molecule has 0 bridgehead atoms. The van der Waals surface area contributed by atoms with Gasteiger partial charge in [0.15, 0.2) is 0 Å². The summed E-state index contributed by atoms with van der Waals surface area (Å²) in [5, 5.41) is 0. The summed E-state index contributed by atoms with van der Waals surface area (Å²) in [6.07, 6.45) is 0. The fourth-order valence-corrected chi connectivity index (χ4v) is 2.65. The van der Waals surface area contributed by atoms with Gasteiger partial charge in [0.1, 0.15) is 11.6 Å². The molecule has 1 heterocycles. The van der Waals surface area contributed by atoms with Crippen LogP contribution in [0, 0.1) is 0 Å². The van der Waals surface area contributed by atoms with Gasteiger partial charge in [0.05, 0.1) is 23.8 Å². The smallest absolute Gasteiger partial charge is 0.141 e. The molecule has 2 aromatic carbocycles. The van der Waals surface area contributed by atoms with E-state index in [1.54, 1.807) is 7.11 Å². The molecule has 0 amide bonds. The molecule has 0 atom stereocenters. The number of nitrogens with zero attached hydrogens (tertiary/aromatic N) is 2. The third-order valence-electron chi connectivity index (χ3n) is 3.33. The number of nitrogen functional groups attached to an aromatic ring is 1. The Morgan fingerprint density at radius 2 is 2.00 bits per heavy atom. The maximum Gasteiger partial charge on any atom is 0.141 e. The number of rotatable bonds is 2. The monoisotopic (exact) mass is 331 g/mol. The molecule has 0 aliphatic heterocycles. The first-order chi connectivity index (χ1) is 9.60. The molecule has 1 aromatic heterocycles. The molecule has 20 heavy (non-hydrogen) atoms. The fraction of sp³-hybridized carbons (Fsp3) is 0.133. The molecule has 3 rings (SSSR count). The lowest BCUT2D eigenvalue weighted by molar-refractivity contribution is 0.417. The maximum absolute atomic E-state index is 5.97. The van der Waals surface area contributed by atoms with E-state index in [1.165, 1.54) is 0 Å². The number of imidazole rings is 1. The molecule has 0 unspecified atom stereocenters. The zero-order valence-corrected chi connectivity index (χ0v) is 12.8. The number of halogens is 1. The third-order valence-corrected chi connectivity index (χ3v) is 3.82. The number of anilines is 1. The van der Waals surface area contributed by atoms with E-state index in [9.17, 15) is 0 Å². The minimum absolute atomic E-state index is 0.609. The van der Waals surface area contributed by atoms with Crippen molar-refractivity contribution in [2.24, 2.45) is 7.05 Å². The number of aromatic nitrogens is 2. The first-order valence-corrected chi connectivity index (χ1v) is 6.95. The Bertz CT molecular complexity index is 795. The van der Waals surface area contributed by atoms with Crippen LogP contribution >= 0.6 is 15.9 Å².